The van der Waals surface area contributed by atoms with Crippen molar-refractivity contribution in [1.82, 2.24) is 5.06 Å². The lowest BCUT2D eigenvalue weighted by molar-refractivity contribution is -0.195. The number of carboxylic acids is 1. The monoisotopic (exact) mass is 191 g/mol. The van der Waals surface area contributed by atoms with Crippen LogP contribution in [0.25, 0.3) is 0 Å². The molecule has 0 bridgehead atoms. The first-order valence-electron chi connectivity index (χ1n) is 3.88. The molecule has 0 aliphatic rings. The van der Waals surface area contributed by atoms with E-state index >= 15 is 0 Å². The molecule has 0 aromatic carbocycles. The van der Waals surface area contributed by atoms with Gasteiger partial charge in [0.2, 0.25) is 0 Å². The van der Waals surface area contributed by atoms with Gasteiger partial charge in [0.15, 0.2) is 0 Å². The van der Waals surface area contributed by atoms with Gasteiger partial charge >= 0.3 is 11.9 Å². The summed E-state index contributed by atoms with van der Waals surface area (Å²) >= 11 is 0. The predicted octanol–water partition coefficient (Wildman–Crippen LogP) is -0.767. The van der Waals surface area contributed by atoms with Crippen molar-refractivity contribution in [2.45, 2.75) is 13.3 Å². The Morgan fingerprint density at radius 3 is 2.46 bits per heavy atom. The number of hydrogen-bond donors (Lipinski definition) is 2. The lowest BCUT2D eigenvalue weighted by Gasteiger charge is -2.17. The Hall–Kier alpha value is -1.14. The van der Waals surface area contributed by atoms with E-state index < -0.39 is 18.5 Å². The van der Waals surface area contributed by atoms with Crippen LogP contribution in [0.4, 0.5) is 0 Å². The molecule has 0 aliphatic carbocycles. The summed E-state index contributed by atoms with van der Waals surface area (Å²) in [4.78, 5) is 25.6. The van der Waals surface area contributed by atoms with Gasteiger partial charge in [0.1, 0.15) is 6.54 Å². The summed E-state index contributed by atoms with van der Waals surface area (Å²) in [5, 5.41) is 17.8. The van der Waals surface area contributed by atoms with Crippen LogP contribution in [0.3, 0.4) is 0 Å². The minimum Gasteiger partial charge on any atom is -0.480 e. The number of aliphatic hydroxyl groups excluding tert-OH is 1. The second-order valence-electron chi connectivity index (χ2n) is 2.30. The number of rotatable bonds is 6. The Labute approximate surface area is 75.7 Å². The molecule has 0 atom stereocenters. The fraction of sp³-hybridized carbons (Fsp3) is 0.714. The summed E-state index contributed by atoms with van der Waals surface area (Å²) in [5.74, 6) is -1.63. The van der Waals surface area contributed by atoms with E-state index in [4.69, 9.17) is 10.2 Å². The molecule has 0 aliphatic heterocycles. The molecule has 0 aromatic heterocycles. The van der Waals surface area contributed by atoms with Crippen molar-refractivity contribution < 1.29 is 24.6 Å². The van der Waals surface area contributed by atoms with E-state index in [1.54, 1.807) is 6.92 Å². The molecular weight excluding hydrogens is 178 g/mol. The topological polar surface area (TPSA) is 87.1 Å². The average Bonchev–Trinajstić information content (AvgIpc) is 2.03. The molecule has 6 nitrogen and oxygen atoms in total. The molecule has 0 saturated carbocycles. The normalized spacial score (nSPS) is 10.1. The van der Waals surface area contributed by atoms with E-state index in [2.05, 4.69) is 4.84 Å². The van der Waals surface area contributed by atoms with Crippen LogP contribution in [-0.2, 0) is 14.4 Å². The third-order valence-electron chi connectivity index (χ3n) is 1.18. The number of aliphatic carboxylic acids is 1. The number of hydrogen-bond acceptors (Lipinski definition) is 5. The Kier molecular flexibility index (Phi) is 5.82. The molecular formula is C7H13NO5. The molecule has 0 rings (SSSR count). The highest BCUT2D eigenvalue weighted by atomic mass is 16.7. The average molecular weight is 191 g/mol. The summed E-state index contributed by atoms with van der Waals surface area (Å²) in [6, 6.07) is 0. The van der Waals surface area contributed by atoms with Crippen LogP contribution < -0.4 is 0 Å². The van der Waals surface area contributed by atoms with Crippen molar-refractivity contribution in [3.63, 3.8) is 0 Å². The molecule has 76 valence electrons. The van der Waals surface area contributed by atoms with Gasteiger partial charge in [-0.2, -0.15) is 0 Å². The Bertz CT molecular complexity index is 182. The smallest absolute Gasteiger partial charge is 0.324 e. The van der Waals surface area contributed by atoms with E-state index in [1.165, 1.54) is 0 Å². The molecule has 13 heavy (non-hydrogen) atoms. The lowest BCUT2D eigenvalue weighted by atomic mass is 10.5. The summed E-state index contributed by atoms with van der Waals surface area (Å²) in [7, 11) is 0. The van der Waals surface area contributed by atoms with Crippen LogP contribution in [0.5, 0.6) is 0 Å². The number of carbonyl (C=O) groups excluding carboxylic acids is 1. The molecule has 2 N–H and O–H groups in total. The van der Waals surface area contributed by atoms with Gasteiger partial charge < -0.3 is 15.1 Å². The first kappa shape index (κ1) is 11.9. The lowest BCUT2D eigenvalue weighted by Crippen LogP contribution is -2.34. The molecule has 0 fully saturated rings. The molecule has 0 radical (unpaired) electrons. The highest BCUT2D eigenvalue weighted by molar-refractivity contribution is 5.71. The van der Waals surface area contributed by atoms with Crippen molar-refractivity contribution >= 4 is 11.9 Å². The van der Waals surface area contributed by atoms with Gasteiger partial charge in [0, 0.05) is 6.42 Å². The first-order valence-corrected chi connectivity index (χ1v) is 3.88. The van der Waals surface area contributed by atoms with Crippen LogP contribution in [0.2, 0.25) is 0 Å². The van der Waals surface area contributed by atoms with Crippen LogP contribution in [-0.4, -0.2) is 46.9 Å². The van der Waals surface area contributed by atoms with Crippen LogP contribution in [0.15, 0.2) is 0 Å². The van der Waals surface area contributed by atoms with E-state index in [-0.39, 0.29) is 19.6 Å². The van der Waals surface area contributed by atoms with Gasteiger partial charge in [-0.05, 0) is 0 Å². The SMILES string of the molecule is CCC(=O)ON(CCO)CC(=O)O. The fourth-order valence-electron chi connectivity index (χ4n) is 0.628. The molecule has 0 saturated heterocycles. The Morgan fingerprint density at radius 2 is 2.08 bits per heavy atom. The first-order chi connectivity index (χ1) is 6.10. The standard InChI is InChI=1S/C7H13NO5/c1-2-7(12)13-8(3-4-9)5-6(10)11/h9H,2-5H2,1H3,(H,10,11). The van der Waals surface area contributed by atoms with Crippen LogP contribution in [0.1, 0.15) is 13.3 Å². The minimum atomic E-state index is -1.11. The van der Waals surface area contributed by atoms with Crippen molar-refractivity contribution in [1.29, 1.82) is 0 Å². The van der Waals surface area contributed by atoms with Crippen LogP contribution in [0, 0.1) is 0 Å². The molecule has 0 spiro atoms. The van der Waals surface area contributed by atoms with Gasteiger partial charge in [-0.25, -0.2) is 0 Å². The third kappa shape index (κ3) is 6.06. The zero-order chi connectivity index (χ0) is 10.3. The maximum absolute atomic E-state index is 10.7. The summed E-state index contributed by atoms with van der Waals surface area (Å²) in [6.07, 6.45) is 0.168. The summed E-state index contributed by atoms with van der Waals surface area (Å²) in [5.41, 5.74) is 0. The van der Waals surface area contributed by atoms with Gasteiger partial charge in [0.05, 0.1) is 13.2 Å². The molecule has 0 aromatic rings. The maximum Gasteiger partial charge on any atom is 0.324 e. The van der Waals surface area contributed by atoms with E-state index in [1.807, 2.05) is 0 Å². The van der Waals surface area contributed by atoms with Gasteiger partial charge in [-0.1, -0.05) is 6.92 Å². The van der Waals surface area contributed by atoms with E-state index in [0.29, 0.717) is 0 Å². The molecule has 0 amide bonds. The quantitative estimate of drug-likeness (QED) is 0.536. The molecule has 6 heteroatoms. The van der Waals surface area contributed by atoms with E-state index in [9.17, 15) is 9.59 Å². The van der Waals surface area contributed by atoms with Crippen molar-refractivity contribution in [2.24, 2.45) is 0 Å². The van der Waals surface area contributed by atoms with Gasteiger partial charge in [-0.3, -0.25) is 9.59 Å². The van der Waals surface area contributed by atoms with Crippen molar-refractivity contribution in [3.8, 4) is 0 Å². The van der Waals surface area contributed by atoms with Gasteiger partial charge in [-0.15, -0.1) is 5.06 Å². The number of carboxylic acid groups (broad SMARTS) is 1. The second kappa shape index (κ2) is 6.38. The van der Waals surface area contributed by atoms with Gasteiger partial charge in [0.25, 0.3) is 0 Å². The van der Waals surface area contributed by atoms with Crippen LogP contribution >= 0.6 is 0 Å². The maximum atomic E-state index is 10.7. The fourth-order valence-corrected chi connectivity index (χ4v) is 0.628. The molecule has 0 heterocycles. The second-order valence-corrected chi connectivity index (χ2v) is 2.30. The Morgan fingerprint density at radius 1 is 1.46 bits per heavy atom. The summed E-state index contributed by atoms with van der Waals surface area (Å²) in [6.45, 7) is 0.912. The molecule has 0 unspecified atom stereocenters. The summed E-state index contributed by atoms with van der Waals surface area (Å²) < 4.78 is 0. The largest absolute Gasteiger partial charge is 0.480 e. The van der Waals surface area contributed by atoms with E-state index in [0.717, 1.165) is 5.06 Å². The predicted molar refractivity (Wildman–Crippen MR) is 42.7 cm³/mol. The number of hydroxylamine groups is 2. The highest BCUT2D eigenvalue weighted by Gasteiger charge is 2.12. The Balaban J connectivity index is 3.93. The van der Waals surface area contributed by atoms with Crippen molar-refractivity contribution in [3.05, 3.63) is 0 Å². The zero-order valence-electron chi connectivity index (χ0n) is 7.39. The number of carbonyl (C=O) groups is 2. The number of aliphatic hydroxyl groups is 1. The number of nitrogens with zero attached hydrogens (tertiary/aromatic N) is 1. The third-order valence-corrected chi connectivity index (χ3v) is 1.18. The zero-order valence-corrected chi connectivity index (χ0v) is 7.39. The minimum absolute atomic E-state index is 0.00194. The highest BCUT2D eigenvalue weighted by Crippen LogP contribution is 1.93. The van der Waals surface area contributed by atoms with Crippen molar-refractivity contribution in [2.75, 3.05) is 19.7 Å².